The first-order chi connectivity index (χ1) is 12.0. The number of benzene rings is 2. The van der Waals surface area contributed by atoms with Crippen molar-refractivity contribution in [3.63, 3.8) is 0 Å². The molecular weight excluding hydrogens is 321 g/mol. The van der Waals surface area contributed by atoms with E-state index in [2.05, 4.69) is 5.32 Å². The lowest BCUT2D eigenvalue weighted by atomic mass is 10.1. The van der Waals surface area contributed by atoms with Crippen LogP contribution >= 0.6 is 0 Å². The zero-order chi connectivity index (χ0) is 18.2. The molecule has 0 heterocycles. The van der Waals surface area contributed by atoms with Crippen LogP contribution in [0.25, 0.3) is 0 Å². The van der Waals surface area contributed by atoms with Crippen molar-refractivity contribution in [2.75, 3.05) is 6.61 Å². The van der Waals surface area contributed by atoms with Gasteiger partial charge in [0.05, 0.1) is 12.6 Å². The van der Waals surface area contributed by atoms with Crippen molar-refractivity contribution >= 4 is 5.91 Å². The maximum absolute atomic E-state index is 13.0. The number of hydrogen-bond acceptors (Lipinski definition) is 3. The third-order valence-electron chi connectivity index (χ3n) is 3.81. The quantitative estimate of drug-likeness (QED) is 0.778. The Balaban J connectivity index is 1.96. The fraction of sp³-hybridized carbons (Fsp3) is 0.350. The lowest BCUT2D eigenvalue weighted by Crippen LogP contribution is -2.39. The second-order valence-electron chi connectivity index (χ2n) is 5.70. The highest BCUT2D eigenvalue weighted by molar-refractivity contribution is 5.81. The number of amides is 1. The molecule has 2 aromatic rings. The fourth-order valence-electron chi connectivity index (χ4n) is 2.41. The molecule has 2 rings (SSSR count). The van der Waals surface area contributed by atoms with Gasteiger partial charge in [-0.1, -0.05) is 19.1 Å². The normalized spacial score (nSPS) is 13.0. The predicted molar refractivity (Wildman–Crippen MR) is 95.3 cm³/mol. The van der Waals surface area contributed by atoms with Gasteiger partial charge in [0.15, 0.2) is 6.10 Å². The van der Waals surface area contributed by atoms with Gasteiger partial charge in [0.2, 0.25) is 0 Å². The van der Waals surface area contributed by atoms with Crippen molar-refractivity contribution in [2.24, 2.45) is 0 Å². The zero-order valence-electron chi connectivity index (χ0n) is 14.8. The van der Waals surface area contributed by atoms with Crippen LogP contribution < -0.4 is 14.8 Å². The van der Waals surface area contributed by atoms with Crippen molar-refractivity contribution in [3.05, 3.63) is 59.9 Å². The number of carbonyl (C=O) groups is 1. The van der Waals surface area contributed by atoms with E-state index < -0.39 is 6.10 Å². The van der Waals surface area contributed by atoms with E-state index in [0.29, 0.717) is 18.8 Å². The van der Waals surface area contributed by atoms with E-state index in [9.17, 15) is 9.18 Å². The molecule has 0 aliphatic rings. The van der Waals surface area contributed by atoms with Crippen LogP contribution in [0.5, 0.6) is 11.5 Å². The van der Waals surface area contributed by atoms with Crippen molar-refractivity contribution in [3.8, 4) is 11.5 Å². The lowest BCUT2D eigenvalue weighted by Gasteiger charge is -2.21. The van der Waals surface area contributed by atoms with Crippen LogP contribution in [-0.2, 0) is 4.79 Å². The Morgan fingerprint density at radius 3 is 2.20 bits per heavy atom. The van der Waals surface area contributed by atoms with Crippen LogP contribution in [0.4, 0.5) is 4.39 Å². The fourth-order valence-corrected chi connectivity index (χ4v) is 2.41. The SMILES string of the molecule is CCOc1ccc([C@H](C)NC(=O)[C@H](CC)Oc2ccc(F)cc2)cc1. The van der Waals surface area contributed by atoms with Crippen LogP contribution in [0.1, 0.15) is 38.8 Å². The minimum atomic E-state index is -0.629. The van der Waals surface area contributed by atoms with Gasteiger partial charge in [-0.2, -0.15) is 0 Å². The zero-order valence-corrected chi connectivity index (χ0v) is 14.8. The molecular formula is C20H24FNO3. The molecule has 134 valence electrons. The van der Waals surface area contributed by atoms with Crippen LogP contribution in [0.15, 0.2) is 48.5 Å². The highest BCUT2D eigenvalue weighted by Crippen LogP contribution is 2.19. The van der Waals surface area contributed by atoms with Crippen molar-refractivity contribution in [1.82, 2.24) is 5.32 Å². The number of hydrogen-bond donors (Lipinski definition) is 1. The summed E-state index contributed by atoms with van der Waals surface area (Å²) >= 11 is 0. The van der Waals surface area contributed by atoms with Gasteiger partial charge >= 0.3 is 0 Å². The second kappa shape index (κ2) is 9.06. The van der Waals surface area contributed by atoms with Crippen LogP contribution in [0, 0.1) is 5.82 Å². The standard InChI is InChI=1S/C20H24FNO3/c1-4-19(25-18-12-8-16(21)9-13-18)20(23)22-14(3)15-6-10-17(11-7-15)24-5-2/h6-14,19H,4-5H2,1-3H3,(H,22,23)/t14-,19-/m0/s1. The number of carbonyl (C=O) groups excluding carboxylic acids is 1. The summed E-state index contributed by atoms with van der Waals surface area (Å²) in [7, 11) is 0. The van der Waals surface area contributed by atoms with Gasteiger partial charge in [0, 0.05) is 0 Å². The Morgan fingerprint density at radius 1 is 1.04 bits per heavy atom. The van der Waals surface area contributed by atoms with Gasteiger partial charge < -0.3 is 14.8 Å². The van der Waals surface area contributed by atoms with Crippen LogP contribution in [0.2, 0.25) is 0 Å². The summed E-state index contributed by atoms with van der Waals surface area (Å²) in [6, 6.07) is 13.1. The first-order valence-corrected chi connectivity index (χ1v) is 8.48. The van der Waals surface area contributed by atoms with E-state index in [1.54, 1.807) is 0 Å². The van der Waals surface area contributed by atoms with Crippen molar-refractivity contribution in [1.29, 1.82) is 0 Å². The van der Waals surface area contributed by atoms with Gasteiger partial charge in [-0.15, -0.1) is 0 Å². The van der Waals surface area contributed by atoms with Gasteiger partial charge in [0.1, 0.15) is 17.3 Å². The topological polar surface area (TPSA) is 47.6 Å². The van der Waals surface area contributed by atoms with Crippen molar-refractivity contribution < 1.29 is 18.7 Å². The minimum absolute atomic E-state index is 0.158. The number of ether oxygens (including phenoxy) is 2. The van der Waals surface area contributed by atoms with Crippen LogP contribution in [-0.4, -0.2) is 18.6 Å². The Labute approximate surface area is 148 Å². The smallest absolute Gasteiger partial charge is 0.261 e. The summed E-state index contributed by atoms with van der Waals surface area (Å²) in [6.45, 7) is 6.33. The average Bonchev–Trinajstić information content (AvgIpc) is 2.62. The van der Waals surface area contributed by atoms with E-state index in [0.717, 1.165) is 11.3 Å². The molecule has 1 N–H and O–H groups in total. The molecule has 0 radical (unpaired) electrons. The molecule has 4 nitrogen and oxygen atoms in total. The summed E-state index contributed by atoms with van der Waals surface area (Å²) in [5, 5.41) is 2.95. The molecule has 0 aliphatic carbocycles. The monoisotopic (exact) mass is 345 g/mol. The molecule has 0 saturated carbocycles. The predicted octanol–water partition coefficient (Wildman–Crippen LogP) is 4.26. The summed E-state index contributed by atoms with van der Waals surface area (Å²) in [5.74, 6) is 0.732. The summed E-state index contributed by atoms with van der Waals surface area (Å²) < 4.78 is 24.0. The minimum Gasteiger partial charge on any atom is -0.494 e. The average molecular weight is 345 g/mol. The summed E-state index contributed by atoms with van der Waals surface area (Å²) in [5.41, 5.74) is 0.980. The number of rotatable bonds is 8. The van der Waals surface area contributed by atoms with Crippen LogP contribution in [0.3, 0.4) is 0 Å². The van der Waals surface area contributed by atoms with E-state index in [4.69, 9.17) is 9.47 Å². The molecule has 0 aliphatic heterocycles. The molecule has 0 aromatic heterocycles. The molecule has 2 aromatic carbocycles. The molecule has 1 amide bonds. The first-order valence-electron chi connectivity index (χ1n) is 8.48. The third-order valence-corrected chi connectivity index (χ3v) is 3.81. The molecule has 0 spiro atoms. The summed E-state index contributed by atoms with van der Waals surface area (Å²) in [6.07, 6.45) is -0.116. The van der Waals surface area contributed by atoms with Gasteiger partial charge in [-0.3, -0.25) is 4.79 Å². The third kappa shape index (κ3) is 5.48. The largest absolute Gasteiger partial charge is 0.494 e. The number of nitrogens with one attached hydrogen (secondary N) is 1. The van der Waals surface area contributed by atoms with Crippen molar-refractivity contribution in [2.45, 2.75) is 39.3 Å². The summed E-state index contributed by atoms with van der Waals surface area (Å²) in [4.78, 5) is 12.5. The Morgan fingerprint density at radius 2 is 1.64 bits per heavy atom. The van der Waals surface area contributed by atoms with Gasteiger partial charge in [0.25, 0.3) is 5.91 Å². The Bertz CT molecular complexity index is 670. The molecule has 25 heavy (non-hydrogen) atoms. The maximum Gasteiger partial charge on any atom is 0.261 e. The molecule has 0 unspecified atom stereocenters. The Kier molecular flexibility index (Phi) is 6.81. The first kappa shape index (κ1) is 18.8. The van der Waals surface area contributed by atoms with Gasteiger partial charge in [-0.05, 0) is 62.2 Å². The molecule has 2 atom stereocenters. The van der Waals surface area contributed by atoms with Gasteiger partial charge in [-0.25, -0.2) is 4.39 Å². The maximum atomic E-state index is 13.0. The molecule has 0 bridgehead atoms. The Hall–Kier alpha value is -2.56. The molecule has 0 fully saturated rings. The van der Waals surface area contributed by atoms with E-state index in [1.807, 2.05) is 45.0 Å². The highest BCUT2D eigenvalue weighted by atomic mass is 19.1. The number of halogens is 1. The van der Waals surface area contributed by atoms with E-state index in [1.165, 1.54) is 24.3 Å². The van der Waals surface area contributed by atoms with E-state index >= 15 is 0 Å². The molecule has 0 saturated heterocycles. The highest BCUT2D eigenvalue weighted by Gasteiger charge is 2.20. The second-order valence-corrected chi connectivity index (χ2v) is 5.70. The van der Waals surface area contributed by atoms with E-state index in [-0.39, 0.29) is 17.8 Å². The lowest BCUT2D eigenvalue weighted by molar-refractivity contribution is -0.128. The molecule has 5 heteroatoms.